The summed E-state index contributed by atoms with van der Waals surface area (Å²) in [6, 6.07) is 5.43. The van der Waals surface area contributed by atoms with Crippen LogP contribution in [0.2, 0.25) is 0 Å². The third kappa shape index (κ3) is 6.23. The molecule has 0 bridgehead atoms. The van der Waals surface area contributed by atoms with Crippen LogP contribution in [0.25, 0.3) is 0 Å². The highest BCUT2D eigenvalue weighted by Crippen LogP contribution is 2.22. The Balaban J connectivity index is 2.56. The van der Waals surface area contributed by atoms with Gasteiger partial charge in [-0.3, -0.25) is 0 Å². The Morgan fingerprint density at radius 3 is 2.64 bits per heavy atom. The zero-order valence-corrected chi connectivity index (χ0v) is 15.4. The van der Waals surface area contributed by atoms with Gasteiger partial charge >= 0.3 is 5.97 Å². The highest BCUT2D eigenvalue weighted by molar-refractivity contribution is 8.00. The van der Waals surface area contributed by atoms with Gasteiger partial charge in [0.25, 0.3) is 0 Å². The van der Waals surface area contributed by atoms with Gasteiger partial charge < -0.3 is 15.4 Å². The summed E-state index contributed by atoms with van der Waals surface area (Å²) < 4.78 is 5.02. The lowest BCUT2D eigenvalue weighted by Gasteiger charge is -2.18. The van der Waals surface area contributed by atoms with Gasteiger partial charge in [0, 0.05) is 22.7 Å². The SMILES string of the molecule is COC(=O)c1cccc(NC(=S)NCCSC(C)(C)C)c1C. The molecule has 0 atom stereocenters. The van der Waals surface area contributed by atoms with E-state index in [2.05, 4.69) is 31.4 Å². The Labute approximate surface area is 142 Å². The highest BCUT2D eigenvalue weighted by Gasteiger charge is 2.13. The standard InChI is InChI=1S/C16H24N2O2S2/c1-11-12(14(19)20-5)7-6-8-13(11)18-15(21)17-9-10-22-16(2,3)4/h6-8H,9-10H2,1-5H3,(H2,17,18,21). The summed E-state index contributed by atoms with van der Waals surface area (Å²) in [5, 5.41) is 6.86. The smallest absolute Gasteiger partial charge is 0.338 e. The van der Waals surface area contributed by atoms with Crippen LogP contribution in [0.1, 0.15) is 36.7 Å². The lowest BCUT2D eigenvalue weighted by Crippen LogP contribution is -2.31. The van der Waals surface area contributed by atoms with Crippen molar-refractivity contribution in [2.45, 2.75) is 32.4 Å². The van der Waals surface area contributed by atoms with Crippen LogP contribution in [0.15, 0.2) is 18.2 Å². The van der Waals surface area contributed by atoms with Crippen LogP contribution >= 0.6 is 24.0 Å². The second kappa shape index (κ2) is 8.39. The number of benzene rings is 1. The molecule has 1 aromatic rings. The van der Waals surface area contributed by atoms with Crippen LogP contribution < -0.4 is 10.6 Å². The van der Waals surface area contributed by atoms with E-state index in [1.165, 1.54) is 7.11 Å². The number of methoxy groups -OCH3 is 1. The van der Waals surface area contributed by atoms with E-state index in [1.807, 2.05) is 24.8 Å². The fraction of sp³-hybridized carbons (Fsp3) is 0.500. The number of nitrogens with one attached hydrogen (secondary N) is 2. The van der Waals surface area contributed by atoms with Gasteiger partial charge in [-0.25, -0.2) is 4.79 Å². The first-order valence-electron chi connectivity index (χ1n) is 7.11. The molecule has 0 fully saturated rings. The first-order chi connectivity index (χ1) is 10.2. The maximum absolute atomic E-state index is 11.7. The van der Waals surface area contributed by atoms with Gasteiger partial charge in [0.1, 0.15) is 0 Å². The van der Waals surface area contributed by atoms with Crippen molar-refractivity contribution in [1.29, 1.82) is 0 Å². The van der Waals surface area contributed by atoms with Crippen molar-refractivity contribution in [2.24, 2.45) is 0 Å². The molecule has 0 aliphatic rings. The summed E-state index contributed by atoms with van der Waals surface area (Å²) in [7, 11) is 1.38. The summed E-state index contributed by atoms with van der Waals surface area (Å²) in [5.41, 5.74) is 2.17. The average molecular weight is 341 g/mol. The molecule has 6 heteroatoms. The number of rotatable bonds is 5. The molecule has 122 valence electrons. The van der Waals surface area contributed by atoms with Gasteiger partial charge in [-0.05, 0) is 36.8 Å². The van der Waals surface area contributed by atoms with E-state index in [0.29, 0.717) is 10.7 Å². The largest absolute Gasteiger partial charge is 0.465 e. The number of carbonyl (C=O) groups is 1. The zero-order chi connectivity index (χ0) is 16.8. The summed E-state index contributed by atoms with van der Waals surface area (Å²) in [5.74, 6) is 0.633. The van der Waals surface area contributed by atoms with Gasteiger partial charge in [-0.1, -0.05) is 26.8 Å². The lowest BCUT2D eigenvalue weighted by atomic mass is 10.1. The van der Waals surface area contributed by atoms with E-state index < -0.39 is 0 Å². The lowest BCUT2D eigenvalue weighted by molar-refractivity contribution is 0.0600. The molecule has 2 N–H and O–H groups in total. The van der Waals surface area contributed by atoms with E-state index in [1.54, 1.807) is 12.1 Å². The molecule has 0 unspecified atom stereocenters. The molecule has 0 saturated carbocycles. The van der Waals surface area contributed by atoms with Crippen molar-refractivity contribution in [1.82, 2.24) is 5.32 Å². The normalized spacial score (nSPS) is 11.0. The maximum Gasteiger partial charge on any atom is 0.338 e. The summed E-state index contributed by atoms with van der Waals surface area (Å²) in [4.78, 5) is 11.7. The van der Waals surface area contributed by atoms with Crippen LogP contribution in [-0.2, 0) is 4.74 Å². The van der Waals surface area contributed by atoms with Crippen molar-refractivity contribution in [2.75, 3.05) is 24.7 Å². The van der Waals surface area contributed by atoms with Crippen molar-refractivity contribution < 1.29 is 9.53 Å². The van der Waals surface area contributed by atoms with Crippen molar-refractivity contribution in [3.63, 3.8) is 0 Å². The fourth-order valence-corrected chi connectivity index (χ4v) is 2.82. The molecule has 4 nitrogen and oxygen atoms in total. The van der Waals surface area contributed by atoms with E-state index in [4.69, 9.17) is 17.0 Å². The Kier molecular flexibility index (Phi) is 7.16. The second-order valence-electron chi connectivity index (χ2n) is 5.81. The number of ether oxygens (including phenoxy) is 1. The topological polar surface area (TPSA) is 50.4 Å². The molecule has 1 aromatic carbocycles. The number of hydrogen-bond acceptors (Lipinski definition) is 4. The Morgan fingerprint density at radius 2 is 2.05 bits per heavy atom. The van der Waals surface area contributed by atoms with Crippen molar-refractivity contribution in [3.8, 4) is 0 Å². The third-order valence-corrected chi connectivity index (χ3v) is 4.43. The number of carbonyl (C=O) groups excluding carboxylic acids is 1. The zero-order valence-electron chi connectivity index (χ0n) is 13.8. The summed E-state index contributed by atoms with van der Waals surface area (Å²) in [6.07, 6.45) is 0. The van der Waals surface area contributed by atoms with E-state index >= 15 is 0 Å². The molecule has 0 amide bonds. The summed E-state index contributed by atoms with van der Waals surface area (Å²) >= 11 is 7.18. The Hall–Kier alpha value is -1.27. The molecular formula is C16H24N2O2S2. The van der Waals surface area contributed by atoms with Crippen LogP contribution in [0, 0.1) is 6.92 Å². The fourth-order valence-electron chi connectivity index (χ4n) is 1.79. The quantitative estimate of drug-likeness (QED) is 0.485. The minimum absolute atomic E-state index is 0.252. The first-order valence-corrected chi connectivity index (χ1v) is 8.50. The number of esters is 1. The monoisotopic (exact) mass is 340 g/mol. The van der Waals surface area contributed by atoms with E-state index in [0.717, 1.165) is 23.5 Å². The molecule has 0 aromatic heterocycles. The Morgan fingerprint density at radius 1 is 1.36 bits per heavy atom. The molecule has 0 radical (unpaired) electrons. The average Bonchev–Trinajstić information content (AvgIpc) is 2.44. The van der Waals surface area contributed by atoms with Gasteiger partial charge in [0.05, 0.1) is 12.7 Å². The number of thiocarbonyl (C=S) groups is 1. The molecule has 0 aliphatic carbocycles. The molecule has 0 heterocycles. The predicted molar refractivity (Wildman–Crippen MR) is 99.0 cm³/mol. The second-order valence-corrected chi connectivity index (χ2v) is 8.14. The molecule has 0 saturated heterocycles. The third-order valence-electron chi connectivity index (χ3n) is 2.91. The molecule has 22 heavy (non-hydrogen) atoms. The summed E-state index contributed by atoms with van der Waals surface area (Å²) in [6.45, 7) is 9.23. The Bertz CT molecular complexity index is 539. The van der Waals surface area contributed by atoms with Crippen LogP contribution in [0.5, 0.6) is 0 Å². The van der Waals surface area contributed by atoms with E-state index in [-0.39, 0.29) is 10.7 Å². The van der Waals surface area contributed by atoms with E-state index in [9.17, 15) is 4.79 Å². The highest BCUT2D eigenvalue weighted by atomic mass is 32.2. The predicted octanol–water partition coefficient (Wildman–Crippen LogP) is 3.60. The van der Waals surface area contributed by atoms with Crippen LogP contribution in [-0.4, -0.2) is 35.2 Å². The molecule has 0 aliphatic heterocycles. The minimum atomic E-state index is -0.346. The van der Waals surface area contributed by atoms with Gasteiger partial charge in [-0.2, -0.15) is 11.8 Å². The molecular weight excluding hydrogens is 316 g/mol. The number of hydrogen-bond donors (Lipinski definition) is 2. The minimum Gasteiger partial charge on any atom is -0.465 e. The number of thioether (sulfide) groups is 1. The van der Waals surface area contributed by atoms with Crippen LogP contribution in [0.4, 0.5) is 5.69 Å². The van der Waals surface area contributed by atoms with Gasteiger partial charge in [-0.15, -0.1) is 0 Å². The van der Waals surface area contributed by atoms with Crippen molar-refractivity contribution >= 4 is 40.7 Å². The van der Waals surface area contributed by atoms with Crippen LogP contribution in [0.3, 0.4) is 0 Å². The maximum atomic E-state index is 11.7. The van der Waals surface area contributed by atoms with Gasteiger partial charge in [0.2, 0.25) is 0 Å². The molecule has 1 rings (SSSR count). The van der Waals surface area contributed by atoms with Crippen molar-refractivity contribution in [3.05, 3.63) is 29.3 Å². The van der Waals surface area contributed by atoms with Gasteiger partial charge in [0.15, 0.2) is 5.11 Å². The molecule has 0 spiro atoms. The first kappa shape index (κ1) is 18.8. The number of anilines is 1.